The van der Waals surface area contributed by atoms with Crippen molar-refractivity contribution in [3.8, 4) is 11.5 Å². The van der Waals surface area contributed by atoms with Crippen molar-refractivity contribution in [2.24, 2.45) is 11.8 Å². The maximum Gasteiger partial charge on any atom is 0.230 e. The van der Waals surface area contributed by atoms with Gasteiger partial charge >= 0.3 is 0 Å². The predicted molar refractivity (Wildman–Crippen MR) is 92.1 cm³/mol. The van der Waals surface area contributed by atoms with Crippen LogP contribution in [0.2, 0.25) is 0 Å². The maximum atomic E-state index is 13.1. The number of hydrogen-bond acceptors (Lipinski definition) is 3. The summed E-state index contributed by atoms with van der Waals surface area (Å²) in [6.45, 7) is 8.18. The van der Waals surface area contributed by atoms with Gasteiger partial charge in [-0.2, -0.15) is 0 Å². The quantitative estimate of drug-likeness (QED) is 0.830. The van der Waals surface area contributed by atoms with Gasteiger partial charge < -0.3 is 14.4 Å². The highest BCUT2D eigenvalue weighted by molar-refractivity contribution is 5.84. The number of rotatable bonds is 5. The average Bonchev–Trinajstić information content (AvgIpc) is 2.54. The van der Waals surface area contributed by atoms with Crippen molar-refractivity contribution in [2.75, 3.05) is 27.3 Å². The zero-order valence-electron chi connectivity index (χ0n) is 15.0. The molecule has 1 aromatic carbocycles. The van der Waals surface area contributed by atoms with Crippen LogP contribution in [-0.2, 0) is 4.79 Å². The van der Waals surface area contributed by atoms with Crippen LogP contribution in [0.3, 0.4) is 0 Å². The van der Waals surface area contributed by atoms with Gasteiger partial charge in [0.15, 0.2) is 11.5 Å². The van der Waals surface area contributed by atoms with E-state index in [-0.39, 0.29) is 17.7 Å². The first-order valence-corrected chi connectivity index (χ1v) is 8.48. The van der Waals surface area contributed by atoms with Crippen molar-refractivity contribution in [2.45, 2.75) is 39.5 Å². The normalized spacial score (nSPS) is 19.6. The van der Waals surface area contributed by atoms with Crippen LogP contribution in [0.25, 0.3) is 0 Å². The van der Waals surface area contributed by atoms with Gasteiger partial charge in [0.25, 0.3) is 0 Å². The lowest BCUT2D eigenvalue weighted by molar-refractivity contribution is -0.135. The fourth-order valence-electron chi connectivity index (χ4n) is 3.45. The fourth-order valence-corrected chi connectivity index (χ4v) is 3.45. The van der Waals surface area contributed by atoms with E-state index in [1.165, 1.54) is 6.42 Å². The molecule has 4 heteroatoms. The summed E-state index contributed by atoms with van der Waals surface area (Å²) in [4.78, 5) is 15.1. The smallest absolute Gasteiger partial charge is 0.230 e. The van der Waals surface area contributed by atoms with Crippen molar-refractivity contribution in [1.82, 2.24) is 4.90 Å². The molecule has 1 aliphatic heterocycles. The number of carbonyl (C=O) groups is 1. The van der Waals surface area contributed by atoms with Crippen LogP contribution in [0.15, 0.2) is 18.2 Å². The minimum atomic E-state index is -0.139. The van der Waals surface area contributed by atoms with Gasteiger partial charge in [-0.05, 0) is 42.4 Å². The summed E-state index contributed by atoms with van der Waals surface area (Å²) in [5.41, 5.74) is 1.00. The zero-order chi connectivity index (χ0) is 17.0. The summed E-state index contributed by atoms with van der Waals surface area (Å²) >= 11 is 0. The minimum Gasteiger partial charge on any atom is -0.493 e. The predicted octanol–water partition coefficient (Wildman–Crippen LogP) is 3.70. The molecule has 23 heavy (non-hydrogen) atoms. The summed E-state index contributed by atoms with van der Waals surface area (Å²) in [5, 5.41) is 0. The molecular formula is C19H29NO3. The Morgan fingerprint density at radius 2 is 1.91 bits per heavy atom. The van der Waals surface area contributed by atoms with Gasteiger partial charge in [-0.1, -0.05) is 26.8 Å². The molecule has 1 aliphatic rings. The van der Waals surface area contributed by atoms with Crippen molar-refractivity contribution < 1.29 is 14.3 Å². The van der Waals surface area contributed by atoms with Crippen LogP contribution >= 0.6 is 0 Å². The van der Waals surface area contributed by atoms with E-state index in [9.17, 15) is 4.79 Å². The van der Waals surface area contributed by atoms with Gasteiger partial charge in [-0.3, -0.25) is 4.79 Å². The molecule has 2 atom stereocenters. The largest absolute Gasteiger partial charge is 0.493 e. The van der Waals surface area contributed by atoms with Crippen LogP contribution in [-0.4, -0.2) is 38.1 Å². The van der Waals surface area contributed by atoms with E-state index in [2.05, 4.69) is 20.8 Å². The molecule has 0 saturated carbocycles. The summed E-state index contributed by atoms with van der Waals surface area (Å²) < 4.78 is 10.7. The zero-order valence-corrected chi connectivity index (χ0v) is 15.0. The molecular weight excluding hydrogens is 290 g/mol. The van der Waals surface area contributed by atoms with E-state index in [0.29, 0.717) is 17.4 Å². The Hall–Kier alpha value is -1.71. The van der Waals surface area contributed by atoms with E-state index in [1.54, 1.807) is 14.2 Å². The molecule has 1 saturated heterocycles. The Morgan fingerprint density at radius 1 is 1.22 bits per heavy atom. The van der Waals surface area contributed by atoms with Gasteiger partial charge in [0.1, 0.15) is 0 Å². The third kappa shape index (κ3) is 3.98. The summed E-state index contributed by atoms with van der Waals surface area (Å²) in [6.07, 6.45) is 2.32. The second-order valence-electron chi connectivity index (χ2n) is 6.87. The first kappa shape index (κ1) is 17.6. The Morgan fingerprint density at radius 3 is 2.48 bits per heavy atom. The van der Waals surface area contributed by atoms with E-state index < -0.39 is 0 Å². The number of methoxy groups -OCH3 is 2. The summed E-state index contributed by atoms with van der Waals surface area (Å²) in [6, 6.07) is 5.81. The van der Waals surface area contributed by atoms with Crippen LogP contribution in [0.1, 0.15) is 45.1 Å². The molecule has 0 aromatic heterocycles. The lowest BCUT2D eigenvalue weighted by atomic mass is 9.86. The molecule has 1 amide bonds. The highest BCUT2D eigenvalue weighted by Gasteiger charge is 2.31. The second-order valence-corrected chi connectivity index (χ2v) is 6.87. The van der Waals surface area contributed by atoms with Crippen LogP contribution in [0.4, 0.5) is 0 Å². The average molecular weight is 319 g/mol. The molecule has 2 rings (SSSR count). The number of benzene rings is 1. The van der Waals surface area contributed by atoms with Crippen molar-refractivity contribution >= 4 is 5.91 Å². The molecule has 2 unspecified atom stereocenters. The highest BCUT2D eigenvalue weighted by Crippen LogP contribution is 2.35. The van der Waals surface area contributed by atoms with Crippen LogP contribution in [0, 0.1) is 11.8 Å². The van der Waals surface area contributed by atoms with Gasteiger partial charge in [0, 0.05) is 13.1 Å². The van der Waals surface area contributed by atoms with Crippen molar-refractivity contribution in [1.29, 1.82) is 0 Å². The number of piperidine rings is 1. The molecule has 1 aromatic rings. The minimum absolute atomic E-state index is 0.139. The molecule has 128 valence electrons. The molecule has 1 heterocycles. The van der Waals surface area contributed by atoms with E-state index >= 15 is 0 Å². The standard InChI is InChI=1S/C19H29NO3/c1-13(2)18(19(21)20-10-6-7-14(3)12-20)15-8-9-16(22-4)17(11-15)23-5/h8-9,11,13-14,18H,6-7,10,12H2,1-5H3. The number of likely N-dealkylation sites (tertiary alicyclic amines) is 1. The Labute approximate surface area is 139 Å². The lowest BCUT2D eigenvalue weighted by Crippen LogP contribution is -2.42. The first-order chi connectivity index (χ1) is 11.0. The Bertz CT molecular complexity index is 541. The van der Waals surface area contributed by atoms with Gasteiger partial charge in [-0.25, -0.2) is 0 Å². The molecule has 0 spiro atoms. The Kier molecular flexibility index (Phi) is 5.91. The number of amides is 1. The number of ether oxygens (including phenoxy) is 2. The monoisotopic (exact) mass is 319 g/mol. The highest BCUT2D eigenvalue weighted by atomic mass is 16.5. The van der Waals surface area contributed by atoms with Crippen molar-refractivity contribution in [3.05, 3.63) is 23.8 Å². The molecule has 4 nitrogen and oxygen atoms in total. The maximum absolute atomic E-state index is 13.1. The Balaban J connectivity index is 2.29. The molecule has 0 N–H and O–H groups in total. The summed E-state index contributed by atoms with van der Waals surface area (Å²) in [7, 11) is 3.25. The third-order valence-electron chi connectivity index (χ3n) is 4.67. The van der Waals surface area contributed by atoms with Crippen LogP contribution < -0.4 is 9.47 Å². The van der Waals surface area contributed by atoms with Crippen molar-refractivity contribution in [3.63, 3.8) is 0 Å². The van der Waals surface area contributed by atoms with Gasteiger partial charge in [-0.15, -0.1) is 0 Å². The summed E-state index contributed by atoms with van der Waals surface area (Å²) in [5.74, 6) is 2.29. The van der Waals surface area contributed by atoms with E-state index in [4.69, 9.17) is 9.47 Å². The number of nitrogens with zero attached hydrogens (tertiary/aromatic N) is 1. The van der Waals surface area contributed by atoms with E-state index in [0.717, 1.165) is 25.1 Å². The molecule has 0 bridgehead atoms. The number of carbonyl (C=O) groups excluding carboxylic acids is 1. The SMILES string of the molecule is COc1ccc(C(C(=O)N2CCCC(C)C2)C(C)C)cc1OC. The molecule has 0 aliphatic carbocycles. The topological polar surface area (TPSA) is 38.8 Å². The van der Waals surface area contributed by atoms with Gasteiger partial charge in [0.2, 0.25) is 5.91 Å². The third-order valence-corrected chi connectivity index (χ3v) is 4.67. The van der Waals surface area contributed by atoms with Gasteiger partial charge in [0.05, 0.1) is 20.1 Å². The van der Waals surface area contributed by atoms with E-state index in [1.807, 2.05) is 23.1 Å². The molecule has 1 fully saturated rings. The van der Waals surface area contributed by atoms with Crippen LogP contribution in [0.5, 0.6) is 11.5 Å². The molecule has 0 radical (unpaired) electrons. The number of hydrogen-bond donors (Lipinski definition) is 0. The lowest BCUT2D eigenvalue weighted by Gasteiger charge is -2.35. The fraction of sp³-hybridized carbons (Fsp3) is 0.632. The first-order valence-electron chi connectivity index (χ1n) is 8.48. The second kappa shape index (κ2) is 7.71.